The third kappa shape index (κ3) is 2.47. The van der Waals surface area contributed by atoms with E-state index in [-0.39, 0.29) is 17.2 Å². The van der Waals surface area contributed by atoms with Gasteiger partial charge in [-0.2, -0.15) is 4.98 Å². The summed E-state index contributed by atoms with van der Waals surface area (Å²) in [5.74, 6) is -0.603. The van der Waals surface area contributed by atoms with Gasteiger partial charge in [-0.05, 0) is 38.1 Å². The van der Waals surface area contributed by atoms with Crippen LogP contribution in [0.4, 0.5) is 4.39 Å². The molecular weight excluding hydrogens is 273 g/mol. The largest absolute Gasteiger partial charge is 0.507 e. The van der Waals surface area contributed by atoms with Crippen LogP contribution in [0.1, 0.15) is 11.4 Å². The van der Waals surface area contributed by atoms with E-state index in [1.54, 1.807) is 0 Å². The molecule has 2 heterocycles. The van der Waals surface area contributed by atoms with Crippen LogP contribution in [-0.2, 0) is 0 Å². The standard InChI is InChI=1S/C15H12FN3O2/c1-8-6-10(7-9(2)17-8)14-18-15(21-19-14)13-11(16)4-3-5-12(13)20/h3-7,20H,1-2H3. The van der Waals surface area contributed by atoms with Crippen LogP contribution in [0.5, 0.6) is 5.75 Å². The number of benzene rings is 1. The summed E-state index contributed by atoms with van der Waals surface area (Å²) in [6.45, 7) is 3.72. The third-order valence-corrected chi connectivity index (χ3v) is 2.97. The van der Waals surface area contributed by atoms with Crippen molar-refractivity contribution in [2.75, 3.05) is 0 Å². The first-order valence-electron chi connectivity index (χ1n) is 6.32. The van der Waals surface area contributed by atoms with Crippen LogP contribution in [0.3, 0.4) is 0 Å². The first-order valence-corrected chi connectivity index (χ1v) is 6.32. The molecule has 1 N–H and O–H groups in total. The lowest BCUT2D eigenvalue weighted by Gasteiger charge is -2.00. The van der Waals surface area contributed by atoms with Gasteiger partial charge in [0.15, 0.2) is 0 Å². The third-order valence-electron chi connectivity index (χ3n) is 2.97. The van der Waals surface area contributed by atoms with Gasteiger partial charge in [-0.1, -0.05) is 11.2 Å². The first-order chi connectivity index (χ1) is 10.0. The fraction of sp³-hybridized carbons (Fsp3) is 0.133. The normalized spacial score (nSPS) is 10.8. The molecule has 0 unspecified atom stereocenters. The van der Waals surface area contributed by atoms with Gasteiger partial charge in [0, 0.05) is 17.0 Å². The molecule has 2 aromatic heterocycles. The molecule has 0 fully saturated rings. The van der Waals surface area contributed by atoms with E-state index >= 15 is 0 Å². The summed E-state index contributed by atoms with van der Waals surface area (Å²) >= 11 is 0. The Bertz CT molecular complexity index is 774. The van der Waals surface area contributed by atoms with Gasteiger partial charge < -0.3 is 9.63 Å². The van der Waals surface area contributed by atoms with Gasteiger partial charge in [0.05, 0.1) is 0 Å². The van der Waals surface area contributed by atoms with Gasteiger partial charge in [-0.15, -0.1) is 0 Å². The molecule has 5 nitrogen and oxygen atoms in total. The Labute approximate surface area is 120 Å². The van der Waals surface area contributed by atoms with Crippen molar-refractivity contribution in [3.8, 4) is 28.6 Å². The predicted molar refractivity (Wildman–Crippen MR) is 74.1 cm³/mol. The molecule has 0 spiro atoms. The highest BCUT2D eigenvalue weighted by Crippen LogP contribution is 2.31. The van der Waals surface area contributed by atoms with Crippen LogP contribution in [0.15, 0.2) is 34.9 Å². The van der Waals surface area contributed by atoms with Gasteiger partial charge >= 0.3 is 0 Å². The van der Waals surface area contributed by atoms with E-state index in [0.29, 0.717) is 5.82 Å². The summed E-state index contributed by atoms with van der Waals surface area (Å²) in [6.07, 6.45) is 0. The van der Waals surface area contributed by atoms with E-state index in [4.69, 9.17) is 4.52 Å². The lowest BCUT2D eigenvalue weighted by molar-refractivity contribution is 0.421. The van der Waals surface area contributed by atoms with Crippen LogP contribution in [0.2, 0.25) is 0 Å². The van der Waals surface area contributed by atoms with Crippen molar-refractivity contribution in [1.29, 1.82) is 0 Å². The maximum atomic E-state index is 13.8. The van der Waals surface area contributed by atoms with E-state index in [1.807, 2.05) is 26.0 Å². The fourth-order valence-corrected chi connectivity index (χ4v) is 2.13. The second-order valence-corrected chi connectivity index (χ2v) is 4.70. The number of aromatic hydroxyl groups is 1. The van der Waals surface area contributed by atoms with Crippen LogP contribution in [-0.4, -0.2) is 20.2 Å². The van der Waals surface area contributed by atoms with Gasteiger partial charge in [0.1, 0.15) is 17.1 Å². The summed E-state index contributed by atoms with van der Waals surface area (Å²) in [7, 11) is 0. The van der Waals surface area contributed by atoms with Gasteiger partial charge in [-0.25, -0.2) is 4.39 Å². The maximum absolute atomic E-state index is 13.8. The van der Waals surface area contributed by atoms with Gasteiger partial charge in [0.2, 0.25) is 5.82 Å². The van der Waals surface area contributed by atoms with E-state index in [9.17, 15) is 9.50 Å². The summed E-state index contributed by atoms with van der Waals surface area (Å²) in [6, 6.07) is 7.61. The molecule has 0 atom stereocenters. The van der Waals surface area contributed by atoms with Crippen molar-refractivity contribution in [2.24, 2.45) is 0 Å². The lowest BCUT2D eigenvalue weighted by atomic mass is 10.1. The molecule has 21 heavy (non-hydrogen) atoms. The Morgan fingerprint density at radius 3 is 2.48 bits per heavy atom. The number of rotatable bonds is 2. The molecule has 0 bridgehead atoms. The minimum absolute atomic E-state index is 0.0623. The molecule has 0 saturated heterocycles. The Kier molecular flexibility index (Phi) is 3.13. The quantitative estimate of drug-likeness (QED) is 0.782. The highest BCUT2D eigenvalue weighted by Gasteiger charge is 2.18. The number of hydrogen-bond acceptors (Lipinski definition) is 5. The number of phenolic OH excluding ortho intramolecular Hbond substituents is 1. The Balaban J connectivity index is 2.08. The predicted octanol–water partition coefficient (Wildman–Crippen LogP) is 3.26. The van der Waals surface area contributed by atoms with Crippen molar-refractivity contribution < 1.29 is 14.0 Å². The van der Waals surface area contributed by atoms with E-state index in [0.717, 1.165) is 17.0 Å². The van der Waals surface area contributed by atoms with Crippen molar-refractivity contribution in [2.45, 2.75) is 13.8 Å². The Morgan fingerprint density at radius 2 is 1.81 bits per heavy atom. The molecule has 3 aromatic rings. The fourth-order valence-electron chi connectivity index (χ4n) is 2.13. The average molecular weight is 285 g/mol. The minimum atomic E-state index is -0.618. The molecule has 1 aromatic carbocycles. The number of hydrogen-bond donors (Lipinski definition) is 1. The summed E-state index contributed by atoms with van der Waals surface area (Å²) in [4.78, 5) is 8.42. The Hall–Kier alpha value is -2.76. The highest BCUT2D eigenvalue weighted by atomic mass is 19.1. The average Bonchev–Trinajstić information content (AvgIpc) is 2.87. The number of nitrogens with zero attached hydrogens (tertiary/aromatic N) is 3. The number of aromatic nitrogens is 3. The molecular formula is C15H12FN3O2. The minimum Gasteiger partial charge on any atom is -0.507 e. The zero-order chi connectivity index (χ0) is 15.0. The van der Waals surface area contributed by atoms with Crippen molar-refractivity contribution in [3.05, 3.63) is 47.5 Å². The molecule has 0 aliphatic rings. The van der Waals surface area contributed by atoms with Crippen molar-refractivity contribution in [1.82, 2.24) is 15.1 Å². The molecule has 6 heteroatoms. The van der Waals surface area contributed by atoms with E-state index in [2.05, 4.69) is 15.1 Å². The molecule has 106 valence electrons. The molecule has 0 saturated carbocycles. The lowest BCUT2D eigenvalue weighted by Crippen LogP contribution is -1.90. The Morgan fingerprint density at radius 1 is 1.10 bits per heavy atom. The molecule has 0 radical (unpaired) electrons. The van der Waals surface area contributed by atoms with Crippen LogP contribution in [0.25, 0.3) is 22.8 Å². The second-order valence-electron chi connectivity index (χ2n) is 4.70. The van der Waals surface area contributed by atoms with Gasteiger partial charge in [0.25, 0.3) is 5.89 Å². The highest BCUT2D eigenvalue weighted by molar-refractivity contribution is 5.65. The molecule has 0 aliphatic heterocycles. The van der Waals surface area contributed by atoms with Gasteiger partial charge in [-0.3, -0.25) is 4.98 Å². The maximum Gasteiger partial charge on any atom is 0.265 e. The SMILES string of the molecule is Cc1cc(-c2noc(-c3c(O)cccc3F)n2)cc(C)n1. The van der Waals surface area contributed by atoms with Crippen LogP contribution in [0, 0.1) is 19.7 Å². The van der Waals surface area contributed by atoms with E-state index < -0.39 is 5.82 Å². The van der Waals surface area contributed by atoms with Crippen molar-refractivity contribution >= 4 is 0 Å². The van der Waals surface area contributed by atoms with E-state index in [1.165, 1.54) is 18.2 Å². The molecule has 0 aliphatic carbocycles. The smallest absolute Gasteiger partial charge is 0.265 e. The van der Waals surface area contributed by atoms with Crippen LogP contribution < -0.4 is 0 Å². The van der Waals surface area contributed by atoms with Crippen molar-refractivity contribution in [3.63, 3.8) is 0 Å². The number of pyridine rings is 1. The number of phenols is 1. The molecule has 0 amide bonds. The number of aryl methyl sites for hydroxylation is 2. The summed E-state index contributed by atoms with van der Waals surface area (Å²) in [5, 5.41) is 13.6. The van der Waals surface area contributed by atoms with Crippen LogP contribution >= 0.6 is 0 Å². The second kappa shape index (κ2) is 4.97. The topological polar surface area (TPSA) is 72.0 Å². The zero-order valence-corrected chi connectivity index (χ0v) is 11.5. The molecule has 3 rings (SSSR count). The first kappa shape index (κ1) is 13.2. The zero-order valence-electron chi connectivity index (χ0n) is 11.5. The number of halogens is 1. The summed E-state index contributed by atoms with van der Waals surface area (Å²) < 4.78 is 18.8. The summed E-state index contributed by atoms with van der Waals surface area (Å²) in [5.41, 5.74) is 2.28. The monoisotopic (exact) mass is 285 g/mol.